The Morgan fingerprint density at radius 1 is 0.887 bits per heavy atom. The van der Waals surface area contributed by atoms with E-state index in [9.17, 15) is 13.6 Å². The minimum Gasteiger partial charge on any atom is -0.491 e. The largest absolute Gasteiger partial charge is 0.491 e. The van der Waals surface area contributed by atoms with Crippen molar-refractivity contribution in [2.24, 2.45) is 11.8 Å². The van der Waals surface area contributed by atoms with Gasteiger partial charge in [0.2, 0.25) is 5.79 Å². The zero-order valence-corrected chi connectivity index (χ0v) is 30.5. The van der Waals surface area contributed by atoms with Crippen LogP contribution < -0.4 is 20.2 Å². The van der Waals surface area contributed by atoms with Gasteiger partial charge in [0.15, 0.2) is 0 Å². The number of piperazine rings is 1. The van der Waals surface area contributed by atoms with Crippen molar-refractivity contribution in [3.05, 3.63) is 113 Å². The number of halogens is 2. The van der Waals surface area contributed by atoms with Crippen LogP contribution in [0.1, 0.15) is 45.7 Å². The summed E-state index contributed by atoms with van der Waals surface area (Å²) < 4.78 is 51.7. The van der Waals surface area contributed by atoms with E-state index in [1.54, 1.807) is 15.6 Å². The number of hydrogen-bond donors (Lipinski definition) is 0. The third-order valence-corrected chi connectivity index (χ3v) is 10.5. The van der Waals surface area contributed by atoms with Crippen LogP contribution in [-0.4, -0.2) is 74.6 Å². The van der Waals surface area contributed by atoms with Gasteiger partial charge in [-0.2, -0.15) is 10.2 Å². The average molecular weight is 729 g/mol. The van der Waals surface area contributed by atoms with Gasteiger partial charge in [-0.05, 0) is 78.9 Å². The van der Waals surface area contributed by atoms with Crippen molar-refractivity contribution in [1.29, 1.82) is 0 Å². The van der Waals surface area contributed by atoms with Gasteiger partial charge in [-0.3, -0.25) is 0 Å². The standard InChI is InChI=1S/C39H46F2N8O4/c1-5-37(28(4)27(2)3)49-38(50)48(26-44-49)32-9-7-30(8-10-32)45-16-18-46(19-17-45)31-11-13-33(14-12-31)51-21-34-22-52-39(53-34,23-47-25-42-24-43-47)35-15-6-29(40)20-36(35)41/h6-15,20,24-28,34,37H,5,16-19,21-23H2,1-4H3/t28-,34+,37+,39?/m1/s1. The maximum atomic E-state index is 14.9. The van der Waals surface area contributed by atoms with Crippen molar-refractivity contribution in [2.75, 3.05) is 49.2 Å². The van der Waals surface area contributed by atoms with Crippen LogP contribution in [0.5, 0.6) is 5.75 Å². The highest BCUT2D eigenvalue weighted by Gasteiger charge is 2.46. The summed E-state index contributed by atoms with van der Waals surface area (Å²) in [6.45, 7) is 12.4. The molecule has 2 fully saturated rings. The van der Waals surface area contributed by atoms with Gasteiger partial charge in [0.05, 0.1) is 18.3 Å². The van der Waals surface area contributed by atoms with Crippen LogP contribution in [0.25, 0.3) is 5.69 Å². The zero-order chi connectivity index (χ0) is 37.1. The van der Waals surface area contributed by atoms with Crippen LogP contribution in [0.2, 0.25) is 0 Å². The fourth-order valence-electron chi connectivity index (χ4n) is 7.20. The highest BCUT2D eigenvalue weighted by molar-refractivity contribution is 5.54. The summed E-state index contributed by atoms with van der Waals surface area (Å²) in [5, 5.41) is 8.60. The van der Waals surface area contributed by atoms with Gasteiger partial charge in [-0.15, -0.1) is 0 Å². The first-order valence-electron chi connectivity index (χ1n) is 18.2. The Hall–Kier alpha value is -5.08. The normalized spacial score (nSPS) is 20.2. The van der Waals surface area contributed by atoms with Crippen molar-refractivity contribution in [3.63, 3.8) is 0 Å². The minimum absolute atomic E-state index is 0.0324. The monoisotopic (exact) mass is 728 g/mol. The fourth-order valence-corrected chi connectivity index (χ4v) is 7.20. The molecule has 4 atom stereocenters. The number of rotatable bonds is 13. The molecule has 280 valence electrons. The molecule has 7 rings (SSSR count). The SMILES string of the molecule is CC[C@@H]([C@H](C)C(C)C)n1ncn(-c2ccc(N3CCN(c4ccc(OC[C@H]5COC(Cn6cncn6)(c6ccc(F)cc6F)O5)cc4)CC3)cc2)c1=O. The number of hydrogen-bond acceptors (Lipinski definition) is 9. The number of benzene rings is 3. The minimum atomic E-state index is -1.51. The summed E-state index contributed by atoms with van der Waals surface area (Å²) in [5.74, 6) is -1.51. The maximum Gasteiger partial charge on any atom is 0.350 e. The van der Waals surface area contributed by atoms with Gasteiger partial charge in [-0.1, -0.05) is 27.7 Å². The van der Waals surface area contributed by atoms with Gasteiger partial charge in [-0.25, -0.2) is 32.5 Å². The first-order chi connectivity index (χ1) is 25.6. The summed E-state index contributed by atoms with van der Waals surface area (Å²) in [7, 11) is 0. The van der Waals surface area contributed by atoms with E-state index >= 15 is 0 Å². The molecular formula is C39H46F2N8O4. The molecule has 5 aromatic rings. The molecule has 4 heterocycles. The molecule has 0 aliphatic carbocycles. The highest BCUT2D eigenvalue weighted by Crippen LogP contribution is 2.38. The Bertz CT molecular complexity index is 2010. The Balaban J connectivity index is 0.921. The van der Waals surface area contributed by atoms with Gasteiger partial charge in [0.1, 0.15) is 55.6 Å². The van der Waals surface area contributed by atoms with E-state index in [0.717, 1.165) is 55.7 Å². The summed E-state index contributed by atoms with van der Waals surface area (Å²) >= 11 is 0. The number of nitrogens with zero attached hydrogens (tertiary/aromatic N) is 8. The molecule has 1 unspecified atom stereocenters. The molecule has 12 nitrogen and oxygen atoms in total. The molecule has 53 heavy (non-hydrogen) atoms. The molecule has 3 aromatic carbocycles. The lowest BCUT2D eigenvalue weighted by Gasteiger charge is -2.37. The van der Waals surface area contributed by atoms with Gasteiger partial charge in [0, 0.05) is 49.2 Å². The molecule has 0 bridgehead atoms. The molecule has 0 spiro atoms. The van der Waals surface area contributed by atoms with Crippen molar-refractivity contribution in [2.45, 2.75) is 58.6 Å². The van der Waals surface area contributed by atoms with E-state index in [2.05, 4.69) is 64.8 Å². The predicted octanol–water partition coefficient (Wildman–Crippen LogP) is 5.82. The summed E-state index contributed by atoms with van der Waals surface area (Å²) in [4.78, 5) is 22.0. The lowest BCUT2D eigenvalue weighted by atomic mass is 9.89. The first kappa shape index (κ1) is 36.3. The van der Waals surface area contributed by atoms with Gasteiger partial charge >= 0.3 is 5.69 Å². The van der Waals surface area contributed by atoms with Crippen molar-refractivity contribution >= 4 is 11.4 Å². The van der Waals surface area contributed by atoms with Crippen molar-refractivity contribution < 1.29 is 23.0 Å². The second-order valence-electron chi connectivity index (χ2n) is 14.1. The average Bonchev–Trinajstić information content (AvgIpc) is 3.93. The molecule has 2 aliphatic heterocycles. The Labute approximate surface area is 307 Å². The fraction of sp³-hybridized carbons (Fsp3) is 0.436. The smallest absolute Gasteiger partial charge is 0.350 e. The van der Waals surface area contributed by atoms with E-state index in [0.29, 0.717) is 17.6 Å². The molecule has 2 aliphatic rings. The topological polar surface area (TPSA) is 105 Å². The van der Waals surface area contributed by atoms with Crippen LogP contribution in [0.3, 0.4) is 0 Å². The van der Waals surface area contributed by atoms with Crippen LogP contribution in [0.15, 0.2) is 90.5 Å². The number of aromatic nitrogens is 6. The van der Waals surface area contributed by atoms with E-state index in [1.165, 1.54) is 29.5 Å². The second kappa shape index (κ2) is 15.5. The molecule has 2 aromatic heterocycles. The molecular weight excluding hydrogens is 682 g/mol. The Kier molecular flexibility index (Phi) is 10.6. The predicted molar refractivity (Wildman–Crippen MR) is 196 cm³/mol. The summed E-state index contributed by atoms with van der Waals surface area (Å²) in [6.07, 6.45) is 4.83. The van der Waals surface area contributed by atoms with Gasteiger partial charge in [0.25, 0.3) is 0 Å². The molecule has 14 heteroatoms. The zero-order valence-electron chi connectivity index (χ0n) is 30.5. The second-order valence-corrected chi connectivity index (χ2v) is 14.1. The maximum absolute atomic E-state index is 14.9. The van der Waals surface area contributed by atoms with Crippen molar-refractivity contribution in [1.82, 2.24) is 29.1 Å². The molecule has 0 amide bonds. The quantitative estimate of drug-likeness (QED) is 0.148. The van der Waals surface area contributed by atoms with Gasteiger partial charge < -0.3 is 24.0 Å². The third kappa shape index (κ3) is 7.70. The highest BCUT2D eigenvalue weighted by atomic mass is 19.1. The van der Waals surface area contributed by atoms with Crippen LogP contribution in [0.4, 0.5) is 20.2 Å². The Morgan fingerprint density at radius 3 is 2.15 bits per heavy atom. The summed E-state index contributed by atoms with van der Waals surface area (Å²) in [5.41, 5.74) is 2.99. The lowest BCUT2D eigenvalue weighted by Crippen LogP contribution is -2.46. The van der Waals surface area contributed by atoms with E-state index in [4.69, 9.17) is 14.2 Å². The molecule has 2 saturated heterocycles. The Morgan fingerprint density at radius 2 is 1.55 bits per heavy atom. The third-order valence-electron chi connectivity index (χ3n) is 10.5. The molecule has 0 radical (unpaired) electrons. The van der Waals surface area contributed by atoms with Crippen LogP contribution >= 0.6 is 0 Å². The number of anilines is 2. The van der Waals surface area contributed by atoms with E-state index < -0.39 is 23.5 Å². The molecule has 0 saturated carbocycles. The van der Waals surface area contributed by atoms with E-state index in [-0.39, 0.29) is 37.1 Å². The lowest BCUT2D eigenvalue weighted by molar-refractivity contribution is -0.192. The number of ether oxygens (including phenoxy) is 3. The van der Waals surface area contributed by atoms with Crippen LogP contribution in [0, 0.1) is 23.5 Å². The van der Waals surface area contributed by atoms with Crippen LogP contribution in [-0.2, 0) is 21.8 Å². The van der Waals surface area contributed by atoms with E-state index in [1.807, 2.05) is 36.4 Å². The van der Waals surface area contributed by atoms with Crippen molar-refractivity contribution in [3.8, 4) is 11.4 Å². The summed E-state index contributed by atoms with van der Waals surface area (Å²) in [6, 6.07) is 19.4. The molecule has 0 N–H and O–H groups in total. The first-order valence-corrected chi connectivity index (χ1v) is 18.2.